The van der Waals surface area contributed by atoms with Gasteiger partial charge in [-0.2, -0.15) is 4.31 Å². The van der Waals surface area contributed by atoms with E-state index in [2.05, 4.69) is 5.32 Å². The first kappa shape index (κ1) is 17.9. The summed E-state index contributed by atoms with van der Waals surface area (Å²) in [5, 5.41) is 2.68. The molecule has 0 aromatic heterocycles. The monoisotopic (exact) mass is 340 g/mol. The summed E-state index contributed by atoms with van der Waals surface area (Å²) in [5.41, 5.74) is 1.43. The van der Waals surface area contributed by atoms with E-state index >= 15 is 0 Å². The van der Waals surface area contributed by atoms with Crippen LogP contribution in [-0.4, -0.2) is 56.2 Å². The summed E-state index contributed by atoms with van der Waals surface area (Å²) in [4.78, 5) is 12.1. The van der Waals surface area contributed by atoms with Crippen LogP contribution in [0.1, 0.15) is 29.8 Å². The van der Waals surface area contributed by atoms with E-state index in [0.29, 0.717) is 18.7 Å². The molecule has 23 heavy (non-hydrogen) atoms. The molecule has 7 heteroatoms. The lowest BCUT2D eigenvalue weighted by molar-refractivity contribution is -0.0440. The first-order valence-corrected chi connectivity index (χ1v) is 9.37. The number of rotatable bonds is 5. The molecule has 1 aliphatic rings. The van der Waals surface area contributed by atoms with Crippen LogP contribution in [0.3, 0.4) is 0 Å². The van der Waals surface area contributed by atoms with Crippen molar-refractivity contribution in [3.63, 3.8) is 0 Å². The van der Waals surface area contributed by atoms with Crippen molar-refractivity contribution in [2.24, 2.45) is 0 Å². The molecule has 1 saturated heterocycles. The lowest BCUT2D eigenvalue weighted by atomic mass is 10.1. The van der Waals surface area contributed by atoms with E-state index in [1.165, 1.54) is 4.31 Å². The van der Waals surface area contributed by atoms with Crippen molar-refractivity contribution in [3.8, 4) is 0 Å². The number of aryl methyl sites for hydroxylation is 1. The Morgan fingerprint density at radius 1 is 1.26 bits per heavy atom. The highest BCUT2D eigenvalue weighted by atomic mass is 32.2. The number of nitrogens with one attached hydrogen (secondary N) is 1. The van der Waals surface area contributed by atoms with Gasteiger partial charge in [0.1, 0.15) is 0 Å². The zero-order chi connectivity index (χ0) is 17.0. The molecule has 1 aromatic rings. The SMILES string of the molecule is Cc1ccccc1C(=O)NCCS(=O)(=O)N1C[C@@H](C)O[C@H](C)C1. The van der Waals surface area contributed by atoms with Gasteiger partial charge < -0.3 is 10.1 Å². The highest BCUT2D eigenvalue weighted by molar-refractivity contribution is 7.89. The van der Waals surface area contributed by atoms with E-state index in [-0.39, 0.29) is 30.4 Å². The van der Waals surface area contributed by atoms with Crippen molar-refractivity contribution in [1.82, 2.24) is 9.62 Å². The second-order valence-electron chi connectivity index (χ2n) is 5.96. The van der Waals surface area contributed by atoms with Crippen LogP contribution in [0.5, 0.6) is 0 Å². The van der Waals surface area contributed by atoms with Gasteiger partial charge in [0.2, 0.25) is 10.0 Å². The molecule has 0 aliphatic carbocycles. The molecule has 128 valence electrons. The average molecular weight is 340 g/mol. The molecule has 6 nitrogen and oxygen atoms in total. The Morgan fingerprint density at radius 3 is 2.48 bits per heavy atom. The summed E-state index contributed by atoms with van der Waals surface area (Å²) in [6.07, 6.45) is -0.231. The number of nitrogens with zero attached hydrogens (tertiary/aromatic N) is 1. The highest BCUT2D eigenvalue weighted by Gasteiger charge is 2.30. The van der Waals surface area contributed by atoms with Crippen LogP contribution < -0.4 is 5.32 Å². The molecule has 2 atom stereocenters. The fraction of sp³-hybridized carbons (Fsp3) is 0.562. The van der Waals surface area contributed by atoms with E-state index in [9.17, 15) is 13.2 Å². The molecule has 1 amide bonds. The molecule has 1 N–H and O–H groups in total. The third kappa shape index (κ3) is 4.76. The van der Waals surface area contributed by atoms with E-state index in [1.807, 2.05) is 32.9 Å². The van der Waals surface area contributed by atoms with Gasteiger partial charge in [-0.25, -0.2) is 8.42 Å². The first-order chi connectivity index (χ1) is 10.8. The largest absolute Gasteiger partial charge is 0.373 e. The minimum atomic E-state index is -3.40. The zero-order valence-electron chi connectivity index (χ0n) is 13.8. The summed E-state index contributed by atoms with van der Waals surface area (Å²) in [6, 6.07) is 7.22. The molecule has 0 unspecified atom stereocenters. The van der Waals surface area contributed by atoms with Crippen LogP contribution in [-0.2, 0) is 14.8 Å². The van der Waals surface area contributed by atoms with E-state index in [0.717, 1.165) is 5.56 Å². The number of benzene rings is 1. The molecule has 0 bridgehead atoms. The molecule has 1 fully saturated rings. The number of hydrogen-bond acceptors (Lipinski definition) is 4. The Kier molecular flexibility index (Phi) is 5.78. The summed E-state index contributed by atoms with van der Waals surface area (Å²) in [7, 11) is -3.40. The average Bonchev–Trinajstić information content (AvgIpc) is 2.46. The minimum absolute atomic E-state index is 0.0929. The molecule has 1 heterocycles. The van der Waals surface area contributed by atoms with Crippen LogP contribution >= 0.6 is 0 Å². The van der Waals surface area contributed by atoms with Crippen LogP contribution in [0.25, 0.3) is 0 Å². The zero-order valence-corrected chi connectivity index (χ0v) is 14.6. The Bertz CT molecular complexity index is 650. The van der Waals surface area contributed by atoms with E-state index < -0.39 is 10.0 Å². The Labute approximate surface area is 137 Å². The number of carbonyl (C=O) groups excluding carboxylic acids is 1. The van der Waals surface area contributed by atoms with Crippen LogP contribution in [0, 0.1) is 6.92 Å². The van der Waals surface area contributed by atoms with Crippen molar-refractivity contribution in [3.05, 3.63) is 35.4 Å². The normalized spacial score (nSPS) is 22.7. The molecule has 0 spiro atoms. The summed E-state index contributed by atoms with van der Waals surface area (Å²) < 4.78 is 31.8. The number of hydrogen-bond donors (Lipinski definition) is 1. The Hall–Kier alpha value is -1.44. The van der Waals surface area contributed by atoms with E-state index in [1.54, 1.807) is 12.1 Å². The number of carbonyl (C=O) groups is 1. The molecule has 1 aliphatic heterocycles. The van der Waals surface area contributed by atoms with Gasteiger partial charge in [-0.3, -0.25) is 4.79 Å². The first-order valence-electron chi connectivity index (χ1n) is 7.76. The predicted molar refractivity (Wildman–Crippen MR) is 88.9 cm³/mol. The van der Waals surface area contributed by atoms with Crippen molar-refractivity contribution in [2.75, 3.05) is 25.4 Å². The maximum Gasteiger partial charge on any atom is 0.251 e. The quantitative estimate of drug-likeness (QED) is 0.873. The second-order valence-corrected chi connectivity index (χ2v) is 8.05. The second kappa shape index (κ2) is 7.42. The van der Waals surface area contributed by atoms with Gasteiger partial charge in [0.25, 0.3) is 5.91 Å². The minimum Gasteiger partial charge on any atom is -0.373 e. The standard InChI is InChI=1S/C16H24N2O4S/c1-12-6-4-5-7-15(12)16(19)17-8-9-23(20,21)18-10-13(2)22-14(3)11-18/h4-7,13-14H,8-11H2,1-3H3,(H,17,19)/t13-,14-/m1/s1. The Morgan fingerprint density at radius 2 is 1.87 bits per heavy atom. The summed E-state index contributed by atoms with van der Waals surface area (Å²) >= 11 is 0. The van der Waals surface area contributed by atoms with Gasteiger partial charge in [-0.15, -0.1) is 0 Å². The molecular weight excluding hydrogens is 316 g/mol. The third-order valence-corrected chi connectivity index (χ3v) is 5.62. The van der Waals surface area contributed by atoms with Crippen LogP contribution in [0.4, 0.5) is 0 Å². The van der Waals surface area contributed by atoms with Gasteiger partial charge in [-0.05, 0) is 32.4 Å². The molecule has 1 aromatic carbocycles. The molecule has 0 radical (unpaired) electrons. The predicted octanol–water partition coefficient (Wildman–Crippen LogP) is 1.16. The van der Waals surface area contributed by atoms with Crippen molar-refractivity contribution < 1.29 is 17.9 Å². The van der Waals surface area contributed by atoms with Crippen molar-refractivity contribution in [1.29, 1.82) is 0 Å². The maximum atomic E-state index is 12.4. The highest BCUT2D eigenvalue weighted by Crippen LogP contribution is 2.14. The van der Waals surface area contributed by atoms with Crippen LogP contribution in [0.15, 0.2) is 24.3 Å². The summed E-state index contributed by atoms with van der Waals surface area (Å²) in [5.74, 6) is -0.355. The number of amides is 1. The summed E-state index contributed by atoms with van der Waals surface area (Å²) in [6.45, 7) is 6.38. The van der Waals surface area contributed by atoms with Gasteiger partial charge in [0, 0.05) is 25.2 Å². The number of sulfonamides is 1. The van der Waals surface area contributed by atoms with Crippen molar-refractivity contribution in [2.45, 2.75) is 33.0 Å². The Balaban J connectivity index is 1.90. The third-order valence-electron chi connectivity index (χ3n) is 3.81. The fourth-order valence-corrected chi connectivity index (χ4v) is 4.20. The van der Waals surface area contributed by atoms with Gasteiger partial charge in [-0.1, -0.05) is 18.2 Å². The van der Waals surface area contributed by atoms with Crippen LogP contribution in [0.2, 0.25) is 0 Å². The smallest absolute Gasteiger partial charge is 0.251 e. The number of ether oxygens (including phenoxy) is 1. The fourth-order valence-electron chi connectivity index (χ4n) is 2.70. The lowest BCUT2D eigenvalue weighted by Gasteiger charge is -2.34. The van der Waals surface area contributed by atoms with Gasteiger partial charge in [0.05, 0.1) is 18.0 Å². The lowest BCUT2D eigenvalue weighted by Crippen LogP contribution is -2.49. The van der Waals surface area contributed by atoms with Crippen molar-refractivity contribution >= 4 is 15.9 Å². The van der Waals surface area contributed by atoms with Gasteiger partial charge in [0.15, 0.2) is 0 Å². The van der Waals surface area contributed by atoms with Gasteiger partial charge >= 0.3 is 0 Å². The van der Waals surface area contributed by atoms with E-state index in [4.69, 9.17) is 4.74 Å². The molecular formula is C16H24N2O4S. The maximum absolute atomic E-state index is 12.4. The topological polar surface area (TPSA) is 75.7 Å². The molecule has 0 saturated carbocycles. The number of morpholine rings is 1. The molecule has 2 rings (SSSR count).